The molecule has 0 N–H and O–H groups in total. The minimum atomic E-state index is 0.618. The summed E-state index contributed by atoms with van der Waals surface area (Å²) in [4.78, 5) is 7.49. The van der Waals surface area contributed by atoms with Gasteiger partial charge >= 0.3 is 0 Å². The Morgan fingerprint density at radius 2 is 1.82 bits per heavy atom. The van der Waals surface area contributed by atoms with E-state index in [-0.39, 0.29) is 0 Å². The van der Waals surface area contributed by atoms with Crippen LogP contribution in [-0.4, -0.2) is 16.4 Å². The molecular formula is C20H26N2. The van der Waals surface area contributed by atoms with Gasteiger partial charge in [-0.05, 0) is 30.0 Å². The van der Waals surface area contributed by atoms with Gasteiger partial charge in [-0.3, -0.25) is 9.88 Å². The van der Waals surface area contributed by atoms with E-state index in [1.165, 1.54) is 35.4 Å². The molecule has 1 aliphatic rings. The molecule has 2 heteroatoms. The first-order chi connectivity index (χ1) is 10.8. The van der Waals surface area contributed by atoms with Crippen LogP contribution in [0.15, 0.2) is 42.5 Å². The number of fused-ring (bicyclic) bond motifs is 1. The lowest BCUT2D eigenvalue weighted by atomic mass is 9.96. The normalized spacial score (nSPS) is 15.0. The molecule has 3 rings (SSSR count). The fraction of sp³-hybridized carbons (Fsp3) is 0.450. The van der Waals surface area contributed by atoms with E-state index in [1.807, 2.05) is 0 Å². The summed E-state index contributed by atoms with van der Waals surface area (Å²) in [5.74, 6) is 0.618. The third-order valence-corrected chi connectivity index (χ3v) is 4.80. The SMILES string of the molecule is CCC(CC)c1ccc2c(n1)CCN(Cc1ccccc1)C2. The molecular weight excluding hydrogens is 268 g/mol. The van der Waals surface area contributed by atoms with Crippen molar-refractivity contribution in [2.24, 2.45) is 0 Å². The van der Waals surface area contributed by atoms with Gasteiger partial charge in [-0.15, -0.1) is 0 Å². The molecule has 116 valence electrons. The van der Waals surface area contributed by atoms with Crippen LogP contribution in [0.1, 0.15) is 55.1 Å². The quantitative estimate of drug-likeness (QED) is 0.804. The van der Waals surface area contributed by atoms with Crippen LogP contribution in [-0.2, 0) is 19.5 Å². The summed E-state index contributed by atoms with van der Waals surface area (Å²) in [6.07, 6.45) is 3.45. The van der Waals surface area contributed by atoms with Gasteiger partial charge in [0.15, 0.2) is 0 Å². The Kier molecular flexibility index (Phi) is 4.89. The molecule has 1 aromatic carbocycles. The molecule has 0 unspecified atom stereocenters. The van der Waals surface area contributed by atoms with Crippen molar-refractivity contribution < 1.29 is 0 Å². The van der Waals surface area contributed by atoms with Crippen molar-refractivity contribution in [2.75, 3.05) is 6.54 Å². The minimum Gasteiger partial charge on any atom is -0.294 e. The largest absolute Gasteiger partial charge is 0.294 e. The van der Waals surface area contributed by atoms with Crippen molar-refractivity contribution in [2.45, 2.75) is 52.1 Å². The van der Waals surface area contributed by atoms with Crippen molar-refractivity contribution in [3.8, 4) is 0 Å². The number of rotatable bonds is 5. The summed E-state index contributed by atoms with van der Waals surface area (Å²) in [7, 11) is 0. The Balaban J connectivity index is 1.71. The van der Waals surface area contributed by atoms with Crippen molar-refractivity contribution in [1.29, 1.82) is 0 Å². The van der Waals surface area contributed by atoms with Crippen molar-refractivity contribution in [3.05, 3.63) is 65.0 Å². The summed E-state index contributed by atoms with van der Waals surface area (Å²) >= 11 is 0. The van der Waals surface area contributed by atoms with Gasteiger partial charge in [-0.1, -0.05) is 50.2 Å². The summed E-state index contributed by atoms with van der Waals surface area (Å²) < 4.78 is 0. The molecule has 0 fully saturated rings. The smallest absolute Gasteiger partial charge is 0.0464 e. The Morgan fingerprint density at radius 1 is 1.05 bits per heavy atom. The zero-order valence-electron chi connectivity index (χ0n) is 13.8. The third-order valence-electron chi connectivity index (χ3n) is 4.80. The van der Waals surface area contributed by atoms with E-state index in [9.17, 15) is 0 Å². The van der Waals surface area contributed by atoms with Crippen molar-refractivity contribution in [3.63, 3.8) is 0 Å². The second-order valence-corrected chi connectivity index (χ2v) is 6.30. The predicted octanol–water partition coefficient (Wildman–Crippen LogP) is 4.54. The van der Waals surface area contributed by atoms with Gasteiger partial charge in [0.2, 0.25) is 0 Å². The topological polar surface area (TPSA) is 16.1 Å². The first kappa shape index (κ1) is 15.2. The number of aromatic nitrogens is 1. The van der Waals surface area contributed by atoms with E-state index in [1.54, 1.807) is 0 Å². The fourth-order valence-corrected chi connectivity index (χ4v) is 3.40. The second-order valence-electron chi connectivity index (χ2n) is 6.30. The molecule has 2 aromatic rings. The number of benzene rings is 1. The maximum Gasteiger partial charge on any atom is 0.0464 e. The summed E-state index contributed by atoms with van der Waals surface area (Å²) in [5, 5.41) is 0. The highest BCUT2D eigenvalue weighted by atomic mass is 15.1. The molecule has 0 amide bonds. The van der Waals surface area contributed by atoms with Gasteiger partial charge in [0.25, 0.3) is 0 Å². The molecule has 0 saturated heterocycles. The van der Waals surface area contributed by atoms with E-state index < -0.39 is 0 Å². The molecule has 1 aliphatic heterocycles. The van der Waals surface area contributed by atoms with Crippen LogP contribution in [0.4, 0.5) is 0 Å². The maximum atomic E-state index is 4.97. The van der Waals surface area contributed by atoms with Gasteiger partial charge < -0.3 is 0 Å². The average Bonchev–Trinajstić information content (AvgIpc) is 2.57. The van der Waals surface area contributed by atoms with E-state index in [2.05, 4.69) is 61.2 Å². The molecule has 0 atom stereocenters. The molecule has 0 bridgehead atoms. The number of pyridine rings is 1. The average molecular weight is 294 g/mol. The minimum absolute atomic E-state index is 0.618. The zero-order valence-corrected chi connectivity index (χ0v) is 13.8. The molecule has 1 aromatic heterocycles. The second kappa shape index (κ2) is 7.06. The van der Waals surface area contributed by atoms with Crippen LogP contribution in [0.5, 0.6) is 0 Å². The monoisotopic (exact) mass is 294 g/mol. The van der Waals surface area contributed by atoms with Crippen LogP contribution in [0.25, 0.3) is 0 Å². The number of hydrogen-bond acceptors (Lipinski definition) is 2. The Labute approximate surface area is 134 Å². The fourth-order valence-electron chi connectivity index (χ4n) is 3.40. The molecule has 2 heterocycles. The third kappa shape index (κ3) is 3.38. The first-order valence-electron chi connectivity index (χ1n) is 8.55. The number of nitrogens with zero attached hydrogens (tertiary/aromatic N) is 2. The van der Waals surface area contributed by atoms with Gasteiger partial charge in [-0.25, -0.2) is 0 Å². The van der Waals surface area contributed by atoms with Gasteiger partial charge in [0, 0.05) is 43.4 Å². The Bertz CT molecular complexity index is 602. The molecule has 2 nitrogen and oxygen atoms in total. The summed E-state index contributed by atoms with van der Waals surface area (Å²) in [6.45, 7) is 7.70. The highest BCUT2D eigenvalue weighted by Crippen LogP contribution is 2.25. The Morgan fingerprint density at radius 3 is 2.55 bits per heavy atom. The van der Waals surface area contributed by atoms with E-state index in [4.69, 9.17) is 4.98 Å². The lowest BCUT2D eigenvalue weighted by Crippen LogP contribution is -2.30. The van der Waals surface area contributed by atoms with Crippen LogP contribution < -0.4 is 0 Å². The molecule has 0 saturated carbocycles. The summed E-state index contributed by atoms with van der Waals surface area (Å²) in [6, 6.07) is 15.3. The van der Waals surface area contributed by atoms with Crippen molar-refractivity contribution in [1.82, 2.24) is 9.88 Å². The van der Waals surface area contributed by atoms with Gasteiger partial charge in [0.1, 0.15) is 0 Å². The molecule has 0 radical (unpaired) electrons. The van der Waals surface area contributed by atoms with E-state index in [0.717, 1.165) is 26.1 Å². The van der Waals surface area contributed by atoms with Crippen LogP contribution in [0, 0.1) is 0 Å². The zero-order chi connectivity index (χ0) is 15.4. The number of hydrogen-bond donors (Lipinski definition) is 0. The van der Waals surface area contributed by atoms with E-state index >= 15 is 0 Å². The summed E-state index contributed by atoms with van der Waals surface area (Å²) in [5.41, 5.74) is 5.43. The van der Waals surface area contributed by atoms with Crippen LogP contribution in [0.2, 0.25) is 0 Å². The standard InChI is InChI=1S/C20H26N2/c1-3-17(4-2)19-11-10-18-15-22(13-12-20(18)21-19)14-16-8-6-5-7-9-16/h5-11,17H,3-4,12-15H2,1-2H3. The van der Waals surface area contributed by atoms with Crippen LogP contribution in [0.3, 0.4) is 0 Å². The lowest BCUT2D eigenvalue weighted by Gasteiger charge is -2.29. The molecule has 22 heavy (non-hydrogen) atoms. The highest BCUT2D eigenvalue weighted by molar-refractivity contribution is 5.27. The lowest BCUT2D eigenvalue weighted by molar-refractivity contribution is 0.243. The van der Waals surface area contributed by atoms with Crippen LogP contribution >= 0.6 is 0 Å². The van der Waals surface area contributed by atoms with Crippen molar-refractivity contribution >= 4 is 0 Å². The maximum absolute atomic E-state index is 4.97. The predicted molar refractivity (Wildman–Crippen MR) is 91.8 cm³/mol. The highest BCUT2D eigenvalue weighted by Gasteiger charge is 2.19. The first-order valence-corrected chi connectivity index (χ1v) is 8.55. The van der Waals surface area contributed by atoms with Gasteiger partial charge in [-0.2, -0.15) is 0 Å². The molecule has 0 spiro atoms. The van der Waals surface area contributed by atoms with Gasteiger partial charge in [0.05, 0.1) is 0 Å². The van der Waals surface area contributed by atoms with E-state index in [0.29, 0.717) is 5.92 Å². The molecule has 0 aliphatic carbocycles. The Hall–Kier alpha value is -1.67.